The summed E-state index contributed by atoms with van der Waals surface area (Å²) >= 11 is 0. The monoisotopic (exact) mass is 672 g/mol. The summed E-state index contributed by atoms with van der Waals surface area (Å²) in [6.07, 6.45) is 3.45. The molecule has 4 aromatic rings. The van der Waals surface area contributed by atoms with Crippen molar-refractivity contribution in [3.63, 3.8) is 0 Å². The van der Waals surface area contributed by atoms with E-state index in [4.69, 9.17) is 0 Å². The van der Waals surface area contributed by atoms with Crippen LogP contribution in [-0.2, 0) is 45.4 Å². The molecule has 48 heavy (non-hydrogen) atoms. The number of hydrazine groups is 1. The van der Waals surface area contributed by atoms with Gasteiger partial charge in [-0.3, -0.25) is 28.9 Å². The van der Waals surface area contributed by atoms with Crippen molar-refractivity contribution >= 4 is 36.4 Å². The molecule has 2 saturated heterocycles. The van der Waals surface area contributed by atoms with E-state index in [2.05, 4.69) is 16.2 Å². The molecule has 0 radical (unpaired) electrons. The second kappa shape index (κ2) is 13.7. The Labute approximate surface area is 277 Å². The normalized spacial score (nSPS) is 18.7. The van der Waals surface area contributed by atoms with Gasteiger partial charge in [0, 0.05) is 38.4 Å². The van der Waals surface area contributed by atoms with Crippen molar-refractivity contribution in [1.29, 1.82) is 0 Å². The maximum absolute atomic E-state index is 14.4. The van der Waals surface area contributed by atoms with Gasteiger partial charge >= 0.3 is 7.82 Å². The van der Waals surface area contributed by atoms with Crippen molar-refractivity contribution in [1.82, 2.24) is 29.6 Å². The zero-order valence-corrected chi connectivity index (χ0v) is 27.4. The topological polar surface area (TPSA) is 149 Å². The van der Waals surface area contributed by atoms with Crippen LogP contribution in [0.2, 0.25) is 0 Å². The van der Waals surface area contributed by atoms with Gasteiger partial charge in [0.25, 0.3) is 0 Å². The van der Waals surface area contributed by atoms with Gasteiger partial charge in [0.1, 0.15) is 18.0 Å². The van der Waals surface area contributed by atoms with E-state index in [9.17, 15) is 28.7 Å². The largest absolute Gasteiger partial charge is 0.524 e. The summed E-state index contributed by atoms with van der Waals surface area (Å²) in [6.45, 7) is 4.34. The van der Waals surface area contributed by atoms with Gasteiger partial charge in [-0.05, 0) is 41.3 Å². The van der Waals surface area contributed by atoms with Crippen LogP contribution >= 0.6 is 7.82 Å². The first kappa shape index (κ1) is 33.1. The lowest BCUT2D eigenvalue weighted by molar-refractivity contribution is -0.205. The summed E-state index contributed by atoms with van der Waals surface area (Å²) in [5.41, 5.74) is 3.45. The highest BCUT2D eigenvalue weighted by Crippen LogP contribution is 2.38. The van der Waals surface area contributed by atoms with E-state index in [-0.39, 0.29) is 62.5 Å². The lowest BCUT2D eigenvalue weighted by atomic mass is 9.97. The second-order valence-corrected chi connectivity index (χ2v) is 13.1. The smallest absolute Gasteiger partial charge is 0.404 e. The Bertz CT molecular complexity index is 1880. The fourth-order valence-corrected chi connectivity index (χ4v) is 6.94. The quantitative estimate of drug-likeness (QED) is 0.181. The zero-order chi connectivity index (χ0) is 34.0. The number of piperazine rings is 1. The van der Waals surface area contributed by atoms with Crippen molar-refractivity contribution in [2.24, 2.45) is 7.05 Å². The van der Waals surface area contributed by atoms with Gasteiger partial charge in [-0.1, -0.05) is 60.7 Å². The van der Waals surface area contributed by atoms with Crippen LogP contribution in [0, 0.1) is 0 Å². The fourth-order valence-electron chi connectivity index (χ4n) is 6.54. The number of fused-ring (bicyclic) bond motifs is 2. The van der Waals surface area contributed by atoms with Crippen LogP contribution < -0.4 is 4.52 Å². The first-order chi connectivity index (χ1) is 23.0. The highest BCUT2D eigenvalue weighted by atomic mass is 31.2. The number of benzene rings is 3. The molecule has 0 saturated carbocycles. The molecule has 0 aliphatic carbocycles. The molecule has 1 aromatic heterocycles. The molecule has 2 atom stereocenters. The average molecular weight is 673 g/mol. The van der Waals surface area contributed by atoms with Crippen LogP contribution in [0.5, 0.6) is 5.75 Å². The molecule has 2 aliphatic heterocycles. The van der Waals surface area contributed by atoms with Crippen LogP contribution in [0.1, 0.15) is 23.1 Å². The van der Waals surface area contributed by atoms with Gasteiger partial charge in [0.15, 0.2) is 0 Å². The molecule has 13 nitrogen and oxygen atoms in total. The standard InChI is InChI=1S/C34H37N6O7P/c1-3-18-38-23-33(42)39-30(19-25-12-15-27(16-13-25)47-48(44,45)46)34(43)37(21-26-10-7-11-29-28(26)20-35-36(29)2)22-31(39)40(38)32(41)17-14-24-8-5-4-6-9-24/h3-13,15-16,20,30-31H,1,14,17-19,21-23H2,2H3,(H2,44,45,46)/t30-,31-/m0/s1. The van der Waals surface area contributed by atoms with Gasteiger partial charge in [0.05, 0.1) is 24.8 Å². The molecule has 250 valence electrons. The summed E-state index contributed by atoms with van der Waals surface area (Å²) in [7, 11) is -2.91. The molecule has 2 fully saturated rings. The molecule has 3 amide bonds. The summed E-state index contributed by atoms with van der Waals surface area (Å²) in [6, 6.07) is 20.6. The van der Waals surface area contributed by atoms with E-state index in [1.807, 2.05) is 55.6 Å². The molecule has 0 bridgehead atoms. The average Bonchev–Trinajstić information content (AvgIpc) is 3.44. The van der Waals surface area contributed by atoms with E-state index in [0.717, 1.165) is 22.0 Å². The number of carbonyl (C=O) groups excluding carboxylic acids is 3. The number of hydrogen-bond donors (Lipinski definition) is 2. The number of carbonyl (C=O) groups is 3. The first-order valence-corrected chi connectivity index (χ1v) is 17.1. The predicted octanol–water partition coefficient (Wildman–Crippen LogP) is 3.03. The number of aromatic nitrogens is 2. The van der Waals surface area contributed by atoms with Crippen molar-refractivity contribution in [3.05, 3.63) is 108 Å². The number of hydrogen-bond acceptors (Lipinski definition) is 7. The van der Waals surface area contributed by atoms with Gasteiger partial charge in [-0.2, -0.15) is 5.10 Å². The molecular weight excluding hydrogens is 635 g/mol. The number of nitrogens with zero attached hydrogens (tertiary/aromatic N) is 6. The van der Waals surface area contributed by atoms with Gasteiger partial charge < -0.3 is 14.3 Å². The van der Waals surface area contributed by atoms with Crippen molar-refractivity contribution < 1.29 is 33.3 Å². The summed E-state index contributed by atoms with van der Waals surface area (Å²) in [5, 5.41) is 8.61. The van der Waals surface area contributed by atoms with Gasteiger partial charge in [0.2, 0.25) is 17.7 Å². The van der Waals surface area contributed by atoms with E-state index in [1.54, 1.807) is 44.0 Å². The number of rotatable bonds is 11. The van der Waals surface area contributed by atoms with E-state index < -0.39 is 20.0 Å². The van der Waals surface area contributed by atoms with Crippen molar-refractivity contribution in [2.75, 3.05) is 19.6 Å². The zero-order valence-electron chi connectivity index (χ0n) is 26.5. The molecule has 2 N–H and O–H groups in total. The van der Waals surface area contributed by atoms with E-state index in [1.165, 1.54) is 17.0 Å². The minimum Gasteiger partial charge on any atom is -0.404 e. The molecule has 3 aromatic carbocycles. The Hall–Kier alpha value is -4.81. The summed E-state index contributed by atoms with van der Waals surface area (Å²) in [5.74, 6) is -0.771. The van der Waals surface area contributed by atoms with Crippen LogP contribution in [0.4, 0.5) is 0 Å². The maximum atomic E-state index is 14.4. The van der Waals surface area contributed by atoms with Crippen LogP contribution in [0.15, 0.2) is 91.6 Å². The number of phosphoric ester groups is 1. The molecule has 0 unspecified atom stereocenters. The first-order valence-electron chi connectivity index (χ1n) is 15.6. The minimum absolute atomic E-state index is 0.0320. The number of phosphoric acid groups is 1. The molecule has 3 heterocycles. The van der Waals surface area contributed by atoms with Crippen LogP contribution in [-0.4, -0.2) is 88.9 Å². The van der Waals surface area contributed by atoms with Crippen molar-refractivity contribution in [2.45, 2.75) is 38.0 Å². The lowest BCUT2D eigenvalue weighted by Crippen LogP contribution is -2.75. The Morgan fingerprint density at radius 1 is 1.04 bits per heavy atom. The maximum Gasteiger partial charge on any atom is 0.524 e. The Balaban J connectivity index is 1.35. The number of aryl methyl sites for hydroxylation is 2. The highest BCUT2D eigenvalue weighted by Gasteiger charge is 2.51. The predicted molar refractivity (Wildman–Crippen MR) is 177 cm³/mol. The fraction of sp³-hybridized carbons (Fsp3) is 0.294. The Morgan fingerprint density at radius 2 is 1.79 bits per heavy atom. The number of amides is 3. The SMILES string of the molecule is C=CCN1CC(=O)N2[C@@H](Cc3ccc(OP(=O)(O)O)cc3)C(=O)N(Cc3cccc4c3cnn4C)C[C@@H]2N1C(=O)CCc1ccccc1. The molecule has 6 rings (SSSR count). The summed E-state index contributed by atoms with van der Waals surface area (Å²) in [4.78, 5) is 63.9. The van der Waals surface area contributed by atoms with Crippen LogP contribution in [0.25, 0.3) is 10.9 Å². The second-order valence-electron chi connectivity index (χ2n) is 11.9. The van der Waals surface area contributed by atoms with Gasteiger partial charge in [-0.25, -0.2) is 14.6 Å². The minimum atomic E-state index is -4.76. The molecule has 14 heteroatoms. The van der Waals surface area contributed by atoms with Gasteiger partial charge in [-0.15, -0.1) is 6.58 Å². The van der Waals surface area contributed by atoms with E-state index in [0.29, 0.717) is 12.0 Å². The third kappa shape index (κ3) is 7.04. The highest BCUT2D eigenvalue weighted by molar-refractivity contribution is 7.46. The van der Waals surface area contributed by atoms with Crippen molar-refractivity contribution in [3.8, 4) is 5.75 Å². The Morgan fingerprint density at radius 3 is 2.50 bits per heavy atom. The third-order valence-corrected chi connectivity index (χ3v) is 9.16. The van der Waals surface area contributed by atoms with E-state index >= 15 is 0 Å². The Kier molecular flexibility index (Phi) is 9.47. The lowest BCUT2D eigenvalue weighted by Gasteiger charge is -2.55. The molecule has 0 spiro atoms. The van der Waals surface area contributed by atoms with Crippen LogP contribution in [0.3, 0.4) is 0 Å². The molecular formula is C34H37N6O7P. The molecule has 2 aliphatic rings. The third-order valence-electron chi connectivity index (χ3n) is 8.72. The summed E-state index contributed by atoms with van der Waals surface area (Å²) < 4.78 is 17.8.